The summed E-state index contributed by atoms with van der Waals surface area (Å²) in [6.07, 6.45) is -1.26. The van der Waals surface area contributed by atoms with Crippen molar-refractivity contribution >= 4 is 28.9 Å². The van der Waals surface area contributed by atoms with E-state index >= 15 is 0 Å². The Morgan fingerprint density at radius 3 is 2.92 bits per heavy atom. The van der Waals surface area contributed by atoms with E-state index < -0.39 is 12.1 Å². The van der Waals surface area contributed by atoms with Crippen LogP contribution < -0.4 is 0 Å². The molecule has 3 nitrogen and oxygen atoms in total. The lowest BCUT2D eigenvalue weighted by molar-refractivity contribution is -0.150. The maximum Gasteiger partial charge on any atom is 0.340 e. The molecule has 0 bridgehead atoms. The lowest BCUT2D eigenvalue weighted by Gasteiger charge is -2.05. The molecule has 0 saturated heterocycles. The van der Waals surface area contributed by atoms with Gasteiger partial charge >= 0.3 is 5.97 Å². The number of rotatable bonds is 2. The van der Waals surface area contributed by atoms with Crippen LogP contribution in [-0.4, -0.2) is 18.2 Å². The van der Waals surface area contributed by atoms with E-state index in [1.54, 1.807) is 11.4 Å². The van der Waals surface area contributed by atoms with Gasteiger partial charge in [-0.1, -0.05) is 11.6 Å². The molecule has 1 unspecified atom stereocenters. The molecule has 0 amide bonds. The van der Waals surface area contributed by atoms with E-state index in [0.29, 0.717) is 9.90 Å². The number of aliphatic hydroxyl groups excluding tert-OH is 1. The van der Waals surface area contributed by atoms with Crippen molar-refractivity contribution < 1.29 is 14.6 Å². The first-order chi connectivity index (χ1) is 5.66. The number of carbonyl (C=O) groups is 1. The van der Waals surface area contributed by atoms with Gasteiger partial charge in [0.05, 0.1) is 17.0 Å². The Kier molecular flexibility index (Phi) is 3.08. The number of carbonyl (C=O) groups excluding carboxylic acids is 1. The largest absolute Gasteiger partial charge is 0.467 e. The van der Waals surface area contributed by atoms with Crippen LogP contribution in [0.25, 0.3) is 0 Å². The summed E-state index contributed by atoms with van der Waals surface area (Å²) >= 11 is 6.90. The van der Waals surface area contributed by atoms with Gasteiger partial charge in [-0.15, -0.1) is 11.3 Å². The van der Waals surface area contributed by atoms with Crippen LogP contribution in [0.4, 0.5) is 0 Å². The molecule has 0 aliphatic carbocycles. The number of halogens is 1. The third-order valence-corrected chi connectivity index (χ3v) is 2.73. The molecular weight excluding hydrogens is 200 g/mol. The van der Waals surface area contributed by atoms with E-state index in [2.05, 4.69) is 4.74 Å². The summed E-state index contributed by atoms with van der Waals surface area (Å²) < 4.78 is 4.35. The van der Waals surface area contributed by atoms with Crippen LogP contribution in [0.3, 0.4) is 0 Å². The molecule has 0 aliphatic rings. The monoisotopic (exact) mass is 206 g/mol. The minimum Gasteiger partial charge on any atom is -0.467 e. The van der Waals surface area contributed by atoms with Crippen LogP contribution in [0.5, 0.6) is 0 Å². The molecule has 1 N–H and O–H groups in total. The number of methoxy groups -OCH3 is 1. The standard InChI is InChI=1S/C7H7ClO3S/c1-11-7(10)5(9)6-4(8)2-3-12-6/h2-3,5,9H,1H3. The highest BCUT2D eigenvalue weighted by Crippen LogP contribution is 2.28. The molecule has 66 valence electrons. The minimum absolute atomic E-state index is 0.387. The molecule has 0 aliphatic heterocycles. The van der Waals surface area contributed by atoms with Gasteiger partial charge in [0.1, 0.15) is 0 Å². The number of thiophene rings is 1. The molecule has 1 atom stereocenters. The van der Waals surface area contributed by atoms with Crippen molar-refractivity contribution in [3.05, 3.63) is 21.3 Å². The van der Waals surface area contributed by atoms with E-state index in [1.807, 2.05) is 0 Å². The third-order valence-electron chi connectivity index (χ3n) is 1.32. The van der Waals surface area contributed by atoms with Gasteiger partial charge in [-0.05, 0) is 11.4 Å². The maximum atomic E-state index is 10.8. The minimum atomic E-state index is -1.26. The van der Waals surface area contributed by atoms with Crippen molar-refractivity contribution in [2.75, 3.05) is 7.11 Å². The summed E-state index contributed by atoms with van der Waals surface area (Å²) in [5, 5.41) is 11.4. The number of hydrogen-bond donors (Lipinski definition) is 1. The second-order valence-electron chi connectivity index (χ2n) is 2.06. The van der Waals surface area contributed by atoms with Crippen LogP contribution >= 0.6 is 22.9 Å². The molecule has 5 heteroatoms. The number of hydrogen-bond acceptors (Lipinski definition) is 4. The Labute approximate surface area is 78.5 Å². The van der Waals surface area contributed by atoms with Gasteiger partial charge in [0, 0.05) is 0 Å². The fourth-order valence-corrected chi connectivity index (χ4v) is 1.85. The maximum absolute atomic E-state index is 10.8. The zero-order valence-corrected chi connectivity index (χ0v) is 7.85. The first-order valence-electron chi connectivity index (χ1n) is 3.15. The van der Waals surface area contributed by atoms with E-state index in [-0.39, 0.29) is 0 Å². The molecule has 1 aromatic heterocycles. The Bertz CT molecular complexity index is 284. The molecule has 0 spiro atoms. The van der Waals surface area contributed by atoms with Gasteiger partial charge in [0.2, 0.25) is 0 Å². The Hall–Kier alpha value is -0.580. The Balaban J connectivity index is 2.84. The Morgan fingerprint density at radius 2 is 2.50 bits per heavy atom. The first kappa shape index (κ1) is 9.51. The molecule has 1 rings (SSSR count). The summed E-state index contributed by atoms with van der Waals surface area (Å²) in [7, 11) is 1.22. The summed E-state index contributed by atoms with van der Waals surface area (Å²) in [6, 6.07) is 1.62. The molecular formula is C7H7ClO3S. The molecule has 0 saturated carbocycles. The second-order valence-corrected chi connectivity index (χ2v) is 3.41. The molecule has 12 heavy (non-hydrogen) atoms. The summed E-state index contributed by atoms with van der Waals surface area (Å²) in [5.74, 6) is -0.695. The van der Waals surface area contributed by atoms with Gasteiger partial charge in [-0.3, -0.25) is 0 Å². The predicted molar refractivity (Wildman–Crippen MR) is 46.3 cm³/mol. The van der Waals surface area contributed by atoms with Gasteiger partial charge in [0.25, 0.3) is 0 Å². The van der Waals surface area contributed by atoms with Crippen molar-refractivity contribution in [2.24, 2.45) is 0 Å². The van der Waals surface area contributed by atoms with Crippen LogP contribution in [0.1, 0.15) is 11.0 Å². The smallest absolute Gasteiger partial charge is 0.340 e. The quantitative estimate of drug-likeness (QED) is 0.748. The fourth-order valence-electron chi connectivity index (χ4n) is 0.719. The molecule has 1 aromatic rings. The topological polar surface area (TPSA) is 46.5 Å². The fraction of sp³-hybridized carbons (Fsp3) is 0.286. The summed E-state index contributed by atoms with van der Waals surface area (Å²) in [4.78, 5) is 11.3. The lowest BCUT2D eigenvalue weighted by atomic mass is 10.3. The zero-order valence-electron chi connectivity index (χ0n) is 6.28. The average molecular weight is 207 g/mol. The van der Waals surface area contributed by atoms with Crippen molar-refractivity contribution in [2.45, 2.75) is 6.10 Å². The third kappa shape index (κ3) is 1.77. The molecule has 0 radical (unpaired) electrons. The normalized spacial score (nSPS) is 12.6. The van der Waals surface area contributed by atoms with E-state index in [9.17, 15) is 9.90 Å². The highest BCUT2D eigenvalue weighted by atomic mass is 35.5. The van der Waals surface area contributed by atoms with Crippen LogP contribution in [0.2, 0.25) is 5.02 Å². The summed E-state index contributed by atoms with van der Waals surface area (Å²) in [5.41, 5.74) is 0. The Morgan fingerprint density at radius 1 is 1.83 bits per heavy atom. The van der Waals surface area contributed by atoms with Crippen molar-refractivity contribution in [1.29, 1.82) is 0 Å². The lowest BCUT2D eigenvalue weighted by Crippen LogP contribution is -2.12. The van der Waals surface area contributed by atoms with E-state index in [4.69, 9.17) is 11.6 Å². The van der Waals surface area contributed by atoms with Gasteiger partial charge in [0.15, 0.2) is 6.10 Å². The number of aliphatic hydroxyl groups is 1. The van der Waals surface area contributed by atoms with Crippen LogP contribution in [0.15, 0.2) is 11.4 Å². The van der Waals surface area contributed by atoms with Gasteiger partial charge in [-0.2, -0.15) is 0 Å². The molecule has 0 aromatic carbocycles. The first-order valence-corrected chi connectivity index (χ1v) is 4.41. The number of esters is 1. The zero-order chi connectivity index (χ0) is 9.14. The SMILES string of the molecule is COC(=O)C(O)c1sccc1Cl. The molecule has 0 fully saturated rings. The predicted octanol–water partition coefficient (Wildman–Crippen LogP) is 1.61. The highest BCUT2D eigenvalue weighted by Gasteiger charge is 2.21. The number of ether oxygens (including phenoxy) is 1. The molecule has 1 heterocycles. The van der Waals surface area contributed by atoms with E-state index in [1.165, 1.54) is 18.4 Å². The van der Waals surface area contributed by atoms with Gasteiger partial charge < -0.3 is 9.84 Å². The highest BCUT2D eigenvalue weighted by molar-refractivity contribution is 7.10. The van der Waals surface area contributed by atoms with Crippen molar-refractivity contribution in [1.82, 2.24) is 0 Å². The summed E-state index contributed by atoms with van der Waals surface area (Å²) in [6.45, 7) is 0. The van der Waals surface area contributed by atoms with Crippen LogP contribution in [-0.2, 0) is 9.53 Å². The van der Waals surface area contributed by atoms with E-state index in [0.717, 1.165) is 0 Å². The van der Waals surface area contributed by atoms with Crippen molar-refractivity contribution in [3.8, 4) is 0 Å². The second kappa shape index (κ2) is 3.89. The van der Waals surface area contributed by atoms with Crippen molar-refractivity contribution in [3.63, 3.8) is 0 Å². The average Bonchev–Trinajstić information content (AvgIpc) is 2.48. The van der Waals surface area contributed by atoms with Crippen LogP contribution in [0, 0.1) is 0 Å². The van der Waals surface area contributed by atoms with Gasteiger partial charge in [-0.25, -0.2) is 4.79 Å².